The molecule has 0 saturated carbocycles. The zero-order valence-electron chi connectivity index (χ0n) is 17.6. The third kappa shape index (κ3) is 4.76. The maximum atomic E-state index is 13.0. The molecule has 1 fully saturated rings. The molecule has 1 aromatic heterocycles. The molecule has 1 atom stereocenters. The van der Waals surface area contributed by atoms with Gasteiger partial charge in [-0.3, -0.25) is 14.9 Å². The van der Waals surface area contributed by atoms with Gasteiger partial charge in [0.05, 0.1) is 9.82 Å². The molecule has 0 amide bonds. The van der Waals surface area contributed by atoms with Crippen LogP contribution in [0, 0.1) is 17.0 Å². The van der Waals surface area contributed by atoms with Gasteiger partial charge in [0.15, 0.2) is 6.61 Å². The van der Waals surface area contributed by atoms with E-state index >= 15 is 0 Å². The second-order valence-electron chi connectivity index (χ2n) is 7.50. The number of nitro benzene ring substituents is 1. The minimum atomic E-state index is -3.84. The molecule has 33 heavy (non-hydrogen) atoms. The number of aryl methyl sites for hydroxylation is 1. The van der Waals surface area contributed by atoms with Crippen molar-refractivity contribution < 1.29 is 27.3 Å². The highest BCUT2D eigenvalue weighted by Crippen LogP contribution is 2.27. The zero-order valence-corrected chi connectivity index (χ0v) is 18.4. The van der Waals surface area contributed by atoms with E-state index in [-0.39, 0.29) is 35.5 Å². The van der Waals surface area contributed by atoms with Gasteiger partial charge >= 0.3 is 5.97 Å². The topological polar surface area (TPSA) is 146 Å². The van der Waals surface area contributed by atoms with Crippen LogP contribution in [0.3, 0.4) is 0 Å². The largest absolute Gasteiger partial charge is 0.454 e. The van der Waals surface area contributed by atoms with Crippen molar-refractivity contribution in [3.63, 3.8) is 0 Å². The van der Waals surface area contributed by atoms with Gasteiger partial charge in [-0.1, -0.05) is 17.7 Å². The molecule has 3 aromatic rings. The summed E-state index contributed by atoms with van der Waals surface area (Å²) in [6.07, 6.45) is 0.886. The molecule has 1 unspecified atom stereocenters. The number of nitrogens with zero attached hydrogens (tertiary/aromatic N) is 4. The lowest BCUT2D eigenvalue weighted by molar-refractivity contribution is -0.384. The lowest BCUT2D eigenvalue weighted by Crippen LogP contribution is -2.41. The predicted octanol–water partition coefficient (Wildman–Crippen LogP) is 2.85. The quantitative estimate of drug-likeness (QED) is 0.288. The number of ether oxygens (including phenoxy) is 1. The van der Waals surface area contributed by atoms with E-state index in [1.807, 2.05) is 6.92 Å². The highest BCUT2D eigenvalue weighted by atomic mass is 32.2. The SMILES string of the molecule is Cc1ccc(S(=O)(=O)N2CCCC2C(=O)OCc2nnc(-c3ccc([N+](=O)[O-])cc3)o2)cc1. The number of carbonyl (C=O) groups is 1. The van der Waals surface area contributed by atoms with Crippen molar-refractivity contribution in [2.24, 2.45) is 0 Å². The van der Waals surface area contributed by atoms with E-state index in [2.05, 4.69) is 10.2 Å². The Labute approximate surface area is 189 Å². The molecule has 0 spiro atoms. The Morgan fingerprint density at radius 2 is 1.88 bits per heavy atom. The fourth-order valence-corrected chi connectivity index (χ4v) is 5.14. The van der Waals surface area contributed by atoms with Crippen LogP contribution in [0.1, 0.15) is 24.3 Å². The maximum absolute atomic E-state index is 13.0. The first-order valence-electron chi connectivity index (χ1n) is 10.1. The molecule has 11 nitrogen and oxygen atoms in total. The van der Waals surface area contributed by atoms with Gasteiger partial charge in [0.25, 0.3) is 11.6 Å². The average Bonchev–Trinajstić information content (AvgIpc) is 3.48. The number of sulfonamides is 1. The van der Waals surface area contributed by atoms with Crippen LogP contribution in [0.2, 0.25) is 0 Å². The van der Waals surface area contributed by atoms with Crippen molar-refractivity contribution in [1.82, 2.24) is 14.5 Å². The Balaban J connectivity index is 1.41. The Kier molecular flexibility index (Phi) is 6.20. The lowest BCUT2D eigenvalue weighted by atomic mass is 10.2. The molecule has 1 saturated heterocycles. The summed E-state index contributed by atoms with van der Waals surface area (Å²) in [4.78, 5) is 23.0. The van der Waals surface area contributed by atoms with E-state index < -0.39 is 27.0 Å². The molecule has 12 heteroatoms. The van der Waals surface area contributed by atoms with Crippen LogP contribution < -0.4 is 0 Å². The fourth-order valence-electron chi connectivity index (χ4n) is 3.49. The predicted molar refractivity (Wildman–Crippen MR) is 114 cm³/mol. The molecule has 2 aromatic carbocycles. The summed E-state index contributed by atoms with van der Waals surface area (Å²) in [6, 6.07) is 11.1. The van der Waals surface area contributed by atoms with Crippen LogP contribution in [0.5, 0.6) is 0 Å². The Bertz CT molecular complexity index is 1270. The van der Waals surface area contributed by atoms with Crippen LogP contribution in [0.4, 0.5) is 5.69 Å². The molecule has 0 radical (unpaired) electrons. The average molecular weight is 472 g/mol. The molecule has 0 N–H and O–H groups in total. The van der Waals surface area contributed by atoms with E-state index in [0.717, 1.165) is 9.87 Å². The van der Waals surface area contributed by atoms with Gasteiger partial charge in [-0.25, -0.2) is 8.42 Å². The van der Waals surface area contributed by atoms with Crippen LogP contribution in [-0.2, 0) is 26.2 Å². The monoisotopic (exact) mass is 472 g/mol. The summed E-state index contributed by atoms with van der Waals surface area (Å²) in [5.41, 5.74) is 1.32. The van der Waals surface area contributed by atoms with Gasteiger partial charge in [0.2, 0.25) is 15.9 Å². The van der Waals surface area contributed by atoms with Crippen LogP contribution in [0.25, 0.3) is 11.5 Å². The highest BCUT2D eigenvalue weighted by Gasteiger charge is 2.40. The molecule has 1 aliphatic rings. The Hall–Kier alpha value is -3.64. The Morgan fingerprint density at radius 1 is 1.18 bits per heavy atom. The molecule has 0 aliphatic carbocycles. The van der Waals surface area contributed by atoms with Gasteiger partial charge in [0.1, 0.15) is 6.04 Å². The standard InChI is InChI=1S/C21H20N4O7S/c1-14-4-10-17(11-5-14)33(29,30)24-12-2-3-18(24)21(26)31-13-19-22-23-20(32-19)15-6-8-16(9-7-15)25(27)28/h4-11,18H,2-3,12-13H2,1H3. The van der Waals surface area contributed by atoms with Crippen molar-refractivity contribution in [1.29, 1.82) is 0 Å². The molecule has 172 valence electrons. The number of rotatable bonds is 7. The fraction of sp³-hybridized carbons (Fsp3) is 0.286. The molecule has 0 bridgehead atoms. The second-order valence-corrected chi connectivity index (χ2v) is 9.39. The van der Waals surface area contributed by atoms with Gasteiger partial charge in [-0.2, -0.15) is 4.31 Å². The number of esters is 1. The smallest absolute Gasteiger partial charge is 0.324 e. The van der Waals surface area contributed by atoms with Crippen molar-refractivity contribution in [2.75, 3.05) is 6.54 Å². The van der Waals surface area contributed by atoms with Crippen molar-refractivity contribution in [2.45, 2.75) is 37.3 Å². The first-order chi connectivity index (χ1) is 15.8. The van der Waals surface area contributed by atoms with Crippen molar-refractivity contribution in [3.05, 3.63) is 70.1 Å². The van der Waals surface area contributed by atoms with E-state index in [0.29, 0.717) is 18.4 Å². The third-order valence-corrected chi connectivity index (χ3v) is 7.16. The zero-order chi connectivity index (χ0) is 23.6. The minimum absolute atomic E-state index is 0.0163. The molecular formula is C21H20N4O7S. The second kappa shape index (κ2) is 9.08. The van der Waals surface area contributed by atoms with E-state index in [9.17, 15) is 23.3 Å². The summed E-state index contributed by atoms with van der Waals surface area (Å²) in [6.45, 7) is 1.76. The van der Waals surface area contributed by atoms with Crippen LogP contribution in [0.15, 0.2) is 57.8 Å². The summed E-state index contributed by atoms with van der Waals surface area (Å²) < 4.78 is 37.9. The van der Waals surface area contributed by atoms with Gasteiger partial charge in [-0.15, -0.1) is 10.2 Å². The number of nitro groups is 1. The summed E-state index contributed by atoms with van der Waals surface area (Å²) >= 11 is 0. The number of benzene rings is 2. The number of aromatic nitrogens is 2. The van der Waals surface area contributed by atoms with E-state index in [1.165, 1.54) is 36.4 Å². The molecule has 2 heterocycles. The lowest BCUT2D eigenvalue weighted by Gasteiger charge is -2.22. The number of carbonyl (C=O) groups excluding carboxylic acids is 1. The number of non-ortho nitro benzene ring substituents is 1. The maximum Gasteiger partial charge on any atom is 0.324 e. The minimum Gasteiger partial charge on any atom is -0.454 e. The summed E-state index contributed by atoms with van der Waals surface area (Å²) in [7, 11) is -3.84. The normalized spacial score (nSPS) is 16.6. The molecule has 4 rings (SSSR count). The summed E-state index contributed by atoms with van der Waals surface area (Å²) in [5, 5.41) is 18.4. The van der Waals surface area contributed by atoms with E-state index in [1.54, 1.807) is 12.1 Å². The highest BCUT2D eigenvalue weighted by molar-refractivity contribution is 7.89. The van der Waals surface area contributed by atoms with Crippen LogP contribution >= 0.6 is 0 Å². The molecular weight excluding hydrogens is 452 g/mol. The summed E-state index contributed by atoms with van der Waals surface area (Å²) in [5.74, 6) is -0.568. The van der Waals surface area contributed by atoms with Crippen molar-refractivity contribution in [3.8, 4) is 11.5 Å². The van der Waals surface area contributed by atoms with Gasteiger partial charge in [0, 0.05) is 24.2 Å². The third-order valence-electron chi connectivity index (χ3n) is 5.23. The number of hydrogen-bond acceptors (Lipinski definition) is 9. The first-order valence-corrected chi connectivity index (χ1v) is 11.5. The molecule has 1 aliphatic heterocycles. The number of hydrogen-bond donors (Lipinski definition) is 0. The van der Waals surface area contributed by atoms with Crippen molar-refractivity contribution >= 4 is 21.7 Å². The first kappa shape index (κ1) is 22.6. The van der Waals surface area contributed by atoms with Gasteiger partial charge in [-0.05, 0) is 44.0 Å². The van der Waals surface area contributed by atoms with Gasteiger partial charge < -0.3 is 9.15 Å². The Morgan fingerprint density at radius 3 is 2.55 bits per heavy atom. The van der Waals surface area contributed by atoms with Crippen LogP contribution in [-0.4, -0.2) is 46.4 Å². The van der Waals surface area contributed by atoms with E-state index in [4.69, 9.17) is 9.15 Å².